The average molecular weight is 276 g/mol. The van der Waals surface area contributed by atoms with Crippen LogP contribution in [-0.2, 0) is 10.0 Å². The molecule has 1 saturated carbocycles. The molecule has 1 aliphatic rings. The quantitative estimate of drug-likeness (QED) is 0.698. The number of sulfonamides is 1. The molecule has 1 aliphatic carbocycles. The molecule has 0 radical (unpaired) electrons. The minimum absolute atomic E-state index is 0.314. The summed E-state index contributed by atoms with van der Waals surface area (Å²) in [6.07, 6.45) is 5.27. The fourth-order valence-electron chi connectivity index (χ4n) is 2.25. The normalized spacial score (nSPS) is 17.4. The lowest BCUT2D eigenvalue weighted by molar-refractivity contribution is 0.303. The summed E-state index contributed by atoms with van der Waals surface area (Å²) in [7, 11) is -3.08. The van der Waals surface area contributed by atoms with Crippen molar-refractivity contribution in [3.63, 3.8) is 0 Å². The Morgan fingerprint density at radius 3 is 2.44 bits per heavy atom. The SMILES string of the molecule is CC(C)CN(CCCN)S(=O)(=O)CCC1CCC1. The molecule has 0 aliphatic heterocycles. The molecule has 108 valence electrons. The highest BCUT2D eigenvalue weighted by Crippen LogP contribution is 2.30. The van der Waals surface area contributed by atoms with Crippen LogP contribution in [0.3, 0.4) is 0 Å². The minimum atomic E-state index is -3.08. The average Bonchev–Trinajstić information content (AvgIpc) is 2.21. The summed E-state index contributed by atoms with van der Waals surface area (Å²) < 4.78 is 26.2. The number of nitrogens with two attached hydrogens (primary N) is 1. The van der Waals surface area contributed by atoms with E-state index >= 15 is 0 Å². The van der Waals surface area contributed by atoms with Crippen LogP contribution in [0.5, 0.6) is 0 Å². The Bertz CT molecular complexity index is 324. The summed E-state index contributed by atoms with van der Waals surface area (Å²) in [6, 6.07) is 0. The van der Waals surface area contributed by atoms with Crippen LogP contribution in [0.25, 0.3) is 0 Å². The molecule has 0 amide bonds. The predicted molar refractivity (Wildman–Crippen MR) is 75.8 cm³/mol. The molecular formula is C13H28N2O2S. The maximum absolute atomic E-state index is 12.3. The molecule has 0 aromatic heterocycles. The zero-order valence-electron chi connectivity index (χ0n) is 11.8. The summed E-state index contributed by atoms with van der Waals surface area (Å²) >= 11 is 0. The maximum Gasteiger partial charge on any atom is 0.214 e. The summed E-state index contributed by atoms with van der Waals surface area (Å²) in [4.78, 5) is 0. The first-order chi connectivity index (χ1) is 8.45. The molecule has 1 rings (SSSR count). The van der Waals surface area contributed by atoms with Gasteiger partial charge in [0.15, 0.2) is 0 Å². The predicted octanol–water partition coefficient (Wildman–Crippen LogP) is 1.81. The number of hydrogen-bond donors (Lipinski definition) is 1. The van der Waals surface area contributed by atoms with Crippen LogP contribution < -0.4 is 5.73 Å². The molecule has 0 unspecified atom stereocenters. The van der Waals surface area contributed by atoms with Crippen LogP contribution >= 0.6 is 0 Å². The van der Waals surface area contributed by atoms with Crippen LogP contribution in [0.1, 0.15) is 46.0 Å². The van der Waals surface area contributed by atoms with Gasteiger partial charge in [-0.25, -0.2) is 12.7 Å². The lowest BCUT2D eigenvalue weighted by Gasteiger charge is -2.28. The van der Waals surface area contributed by atoms with Crippen molar-refractivity contribution in [1.29, 1.82) is 0 Å². The zero-order chi connectivity index (χ0) is 13.6. The molecule has 4 nitrogen and oxygen atoms in total. The van der Waals surface area contributed by atoms with Crippen molar-refractivity contribution in [1.82, 2.24) is 4.31 Å². The first kappa shape index (κ1) is 15.9. The molecule has 5 heteroatoms. The van der Waals surface area contributed by atoms with Gasteiger partial charge in [-0.1, -0.05) is 33.1 Å². The monoisotopic (exact) mass is 276 g/mol. The topological polar surface area (TPSA) is 63.4 Å². The van der Waals surface area contributed by atoms with Crippen molar-refractivity contribution in [2.45, 2.75) is 46.0 Å². The molecule has 18 heavy (non-hydrogen) atoms. The highest BCUT2D eigenvalue weighted by molar-refractivity contribution is 7.89. The van der Waals surface area contributed by atoms with Crippen LogP contribution in [0.4, 0.5) is 0 Å². The Morgan fingerprint density at radius 1 is 1.33 bits per heavy atom. The van der Waals surface area contributed by atoms with Gasteiger partial charge in [0.1, 0.15) is 0 Å². The van der Waals surface area contributed by atoms with Crippen molar-refractivity contribution < 1.29 is 8.42 Å². The lowest BCUT2D eigenvalue weighted by atomic mass is 9.84. The lowest BCUT2D eigenvalue weighted by Crippen LogP contribution is -2.38. The van der Waals surface area contributed by atoms with Crippen molar-refractivity contribution in [2.24, 2.45) is 17.6 Å². The summed E-state index contributed by atoms with van der Waals surface area (Å²) in [6.45, 7) is 5.84. The smallest absolute Gasteiger partial charge is 0.214 e. The van der Waals surface area contributed by atoms with E-state index in [1.165, 1.54) is 19.3 Å². The highest BCUT2D eigenvalue weighted by atomic mass is 32.2. The Kier molecular flexibility index (Phi) is 6.60. The molecule has 0 bridgehead atoms. The van der Waals surface area contributed by atoms with Gasteiger partial charge in [-0.15, -0.1) is 0 Å². The van der Waals surface area contributed by atoms with Gasteiger partial charge in [0.05, 0.1) is 5.75 Å². The maximum atomic E-state index is 12.3. The van der Waals surface area contributed by atoms with E-state index in [4.69, 9.17) is 5.73 Å². The molecule has 0 heterocycles. The molecule has 0 aromatic rings. The number of hydrogen-bond acceptors (Lipinski definition) is 3. The van der Waals surface area contributed by atoms with E-state index in [1.807, 2.05) is 0 Å². The van der Waals surface area contributed by atoms with Crippen LogP contribution in [0.15, 0.2) is 0 Å². The molecule has 0 atom stereocenters. The molecule has 0 spiro atoms. The fraction of sp³-hybridized carbons (Fsp3) is 1.00. The largest absolute Gasteiger partial charge is 0.330 e. The van der Waals surface area contributed by atoms with Crippen molar-refractivity contribution in [3.05, 3.63) is 0 Å². The zero-order valence-corrected chi connectivity index (χ0v) is 12.6. The van der Waals surface area contributed by atoms with Gasteiger partial charge < -0.3 is 5.73 Å². The minimum Gasteiger partial charge on any atom is -0.330 e. The van der Waals surface area contributed by atoms with E-state index in [0.29, 0.717) is 37.2 Å². The van der Waals surface area contributed by atoms with E-state index in [9.17, 15) is 8.42 Å². The van der Waals surface area contributed by atoms with Gasteiger partial charge in [0.2, 0.25) is 10.0 Å². The summed E-state index contributed by atoms with van der Waals surface area (Å²) in [5.41, 5.74) is 5.48. The standard InChI is InChI=1S/C13H28N2O2S/c1-12(2)11-15(9-4-8-14)18(16,17)10-7-13-5-3-6-13/h12-13H,3-11,14H2,1-2H3. The second-order valence-corrected chi connectivity index (χ2v) is 7.88. The van der Waals surface area contributed by atoms with Gasteiger partial charge in [0, 0.05) is 13.1 Å². The fourth-order valence-corrected chi connectivity index (χ4v) is 4.07. The van der Waals surface area contributed by atoms with Gasteiger partial charge >= 0.3 is 0 Å². The van der Waals surface area contributed by atoms with Gasteiger partial charge in [-0.05, 0) is 31.2 Å². The molecule has 0 saturated heterocycles. The molecule has 0 aromatic carbocycles. The third kappa shape index (κ3) is 5.24. The first-order valence-electron chi connectivity index (χ1n) is 7.13. The number of nitrogens with zero attached hydrogens (tertiary/aromatic N) is 1. The van der Waals surface area contributed by atoms with E-state index in [1.54, 1.807) is 4.31 Å². The molecule has 2 N–H and O–H groups in total. The second kappa shape index (κ2) is 7.46. The third-order valence-corrected chi connectivity index (χ3v) is 5.45. The number of rotatable bonds is 9. The molecule has 1 fully saturated rings. The van der Waals surface area contributed by atoms with Gasteiger partial charge in [0.25, 0.3) is 0 Å². The van der Waals surface area contributed by atoms with Crippen LogP contribution in [0, 0.1) is 11.8 Å². The van der Waals surface area contributed by atoms with Crippen LogP contribution in [-0.4, -0.2) is 38.1 Å². The van der Waals surface area contributed by atoms with Gasteiger partial charge in [-0.2, -0.15) is 0 Å². The van der Waals surface area contributed by atoms with E-state index < -0.39 is 10.0 Å². The Hall–Kier alpha value is -0.130. The van der Waals surface area contributed by atoms with E-state index in [-0.39, 0.29) is 0 Å². The second-order valence-electron chi connectivity index (χ2n) is 5.80. The van der Waals surface area contributed by atoms with Crippen molar-refractivity contribution in [3.8, 4) is 0 Å². The Morgan fingerprint density at radius 2 is 2.00 bits per heavy atom. The molecular weight excluding hydrogens is 248 g/mol. The van der Waals surface area contributed by atoms with Gasteiger partial charge in [-0.3, -0.25) is 0 Å². The van der Waals surface area contributed by atoms with Crippen LogP contribution in [0.2, 0.25) is 0 Å². The van der Waals surface area contributed by atoms with E-state index in [0.717, 1.165) is 12.8 Å². The van der Waals surface area contributed by atoms with Crippen molar-refractivity contribution >= 4 is 10.0 Å². The Labute approximate surface area is 112 Å². The highest BCUT2D eigenvalue weighted by Gasteiger charge is 2.25. The third-order valence-electron chi connectivity index (χ3n) is 3.58. The Balaban J connectivity index is 2.50. The first-order valence-corrected chi connectivity index (χ1v) is 8.74. The van der Waals surface area contributed by atoms with E-state index in [2.05, 4.69) is 13.8 Å². The van der Waals surface area contributed by atoms with Crippen molar-refractivity contribution in [2.75, 3.05) is 25.4 Å². The summed E-state index contributed by atoms with van der Waals surface area (Å²) in [5.74, 6) is 1.33. The summed E-state index contributed by atoms with van der Waals surface area (Å²) in [5, 5.41) is 0.